The smallest absolute Gasteiger partial charge is 0.343 e. The van der Waals surface area contributed by atoms with Crippen LogP contribution in [0.1, 0.15) is 26.3 Å². The number of carbonyl (C=O) groups is 2. The number of esters is 1. The van der Waals surface area contributed by atoms with E-state index in [2.05, 4.69) is 0 Å². The molecular weight excluding hydrogens is 452 g/mol. The molecule has 0 aliphatic heterocycles. The predicted molar refractivity (Wildman–Crippen MR) is 126 cm³/mol. The van der Waals surface area contributed by atoms with Gasteiger partial charge in [-0.15, -0.1) is 0 Å². The van der Waals surface area contributed by atoms with Gasteiger partial charge in [-0.25, -0.2) is 4.79 Å². The van der Waals surface area contributed by atoms with Gasteiger partial charge in [0.15, 0.2) is 5.78 Å². The van der Waals surface area contributed by atoms with Crippen LogP contribution in [0.3, 0.4) is 0 Å². The van der Waals surface area contributed by atoms with E-state index in [1.165, 1.54) is 48.5 Å². The van der Waals surface area contributed by atoms with E-state index >= 15 is 0 Å². The van der Waals surface area contributed by atoms with Gasteiger partial charge in [0.05, 0.1) is 15.4 Å². The molecule has 0 saturated heterocycles. The molecule has 0 bridgehead atoms. The molecule has 0 aliphatic rings. The molecule has 4 aromatic carbocycles. The summed E-state index contributed by atoms with van der Waals surface area (Å²) in [4.78, 5) is 45.3. The number of hydrogen-bond donors (Lipinski definition) is 0. The summed E-state index contributed by atoms with van der Waals surface area (Å²) in [5.74, 6) is -0.580. The maximum atomic E-state index is 12.6. The first-order valence-electron chi connectivity index (χ1n) is 10.3. The number of nitrogens with zero attached hydrogens (tertiary/aromatic N) is 2. The van der Waals surface area contributed by atoms with Crippen LogP contribution in [0.2, 0.25) is 0 Å². The quantitative estimate of drug-likeness (QED) is 0.113. The van der Waals surface area contributed by atoms with Crippen molar-refractivity contribution in [3.05, 3.63) is 134 Å². The number of non-ortho nitro benzene ring substituents is 2. The van der Waals surface area contributed by atoms with Crippen molar-refractivity contribution < 1.29 is 24.2 Å². The lowest BCUT2D eigenvalue weighted by molar-refractivity contribution is -0.385. The Kier molecular flexibility index (Phi) is 6.41. The predicted octanol–water partition coefficient (Wildman–Crippen LogP) is 5.62. The first kappa shape index (κ1) is 23.0. The van der Waals surface area contributed by atoms with Crippen molar-refractivity contribution in [3.8, 4) is 16.9 Å². The number of benzene rings is 4. The van der Waals surface area contributed by atoms with Gasteiger partial charge >= 0.3 is 5.97 Å². The van der Waals surface area contributed by atoms with Crippen molar-refractivity contribution in [1.29, 1.82) is 0 Å². The molecule has 9 nitrogen and oxygen atoms in total. The Hall–Kier alpha value is -5.18. The minimum atomic E-state index is -0.637. The van der Waals surface area contributed by atoms with Crippen LogP contribution in [0.4, 0.5) is 11.4 Å². The van der Waals surface area contributed by atoms with Crippen LogP contribution in [0.15, 0.2) is 97.1 Å². The van der Waals surface area contributed by atoms with Gasteiger partial charge in [-0.2, -0.15) is 0 Å². The Labute approximate surface area is 198 Å². The SMILES string of the molecule is O=C(Oc1ccc(-c2ccc(C(=O)c3ccc([N+](=O)[O-])cc3)cc2)cc1)c1ccc([N+](=O)[O-])cc1. The van der Waals surface area contributed by atoms with Crippen LogP contribution in [-0.2, 0) is 0 Å². The van der Waals surface area contributed by atoms with Crippen LogP contribution in [0.5, 0.6) is 5.75 Å². The highest BCUT2D eigenvalue weighted by Gasteiger charge is 2.13. The molecule has 0 amide bonds. The van der Waals surface area contributed by atoms with Gasteiger partial charge in [0.25, 0.3) is 11.4 Å². The van der Waals surface area contributed by atoms with Gasteiger partial charge in [0.2, 0.25) is 0 Å². The van der Waals surface area contributed by atoms with Gasteiger partial charge < -0.3 is 4.74 Å². The van der Waals surface area contributed by atoms with E-state index in [1.807, 2.05) is 0 Å². The fourth-order valence-electron chi connectivity index (χ4n) is 3.32. The van der Waals surface area contributed by atoms with Crippen LogP contribution < -0.4 is 4.74 Å². The Morgan fingerprint density at radius 2 is 0.914 bits per heavy atom. The Morgan fingerprint density at radius 3 is 1.34 bits per heavy atom. The van der Waals surface area contributed by atoms with Crippen LogP contribution in [0.25, 0.3) is 11.1 Å². The number of nitro groups is 2. The molecular formula is C26H16N2O7. The molecule has 35 heavy (non-hydrogen) atoms. The monoisotopic (exact) mass is 468 g/mol. The lowest BCUT2D eigenvalue weighted by Crippen LogP contribution is -2.08. The minimum Gasteiger partial charge on any atom is -0.423 e. The third kappa shape index (κ3) is 5.25. The molecule has 172 valence electrons. The van der Waals surface area contributed by atoms with Crippen molar-refractivity contribution in [3.63, 3.8) is 0 Å². The first-order chi connectivity index (χ1) is 16.8. The molecule has 0 aliphatic carbocycles. The van der Waals surface area contributed by atoms with Crippen molar-refractivity contribution in [1.82, 2.24) is 0 Å². The number of ketones is 1. The highest BCUT2D eigenvalue weighted by atomic mass is 16.6. The molecule has 0 saturated carbocycles. The van der Waals surface area contributed by atoms with Gasteiger partial charge in [0, 0.05) is 35.4 Å². The summed E-state index contributed by atoms with van der Waals surface area (Å²) < 4.78 is 5.32. The Bertz CT molecular complexity index is 1410. The first-order valence-corrected chi connectivity index (χ1v) is 10.3. The number of rotatable bonds is 7. The highest BCUT2D eigenvalue weighted by Crippen LogP contribution is 2.25. The zero-order chi connectivity index (χ0) is 24.9. The number of carbonyl (C=O) groups excluding carboxylic acids is 2. The topological polar surface area (TPSA) is 130 Å². The summed E-state index contributed by atoms with van der Waals surface area (Å²) in [6, 6.07) is 24.2. The fourth-order valence-corrected chi connectivity index (χ4v) is 3.32. The zero-order valence-electron chi connectivity index (χ0n) is 18.0. The molecule has 0 unspecified atom stereocenters. The molecule has 0 heterocycles. The highest BCUT2D eigenvalue weighted by molar-refractivity contribution is 6.09. The molecule has 4 rings (SSSR count). The molecule has 0 fully saturated rings. The van der Waals surface area contributed by atoms with Crippen LogP contribution in [0, 0.1) is 20.2 Å². The van der Waals surface area contributed by atoms with E-state index in [4.69, 9.17) is 4.74 Å². The standard InChI is InChI=1S/C26H16N2O7/c29-25(20-5-11-22(12-6-20)27(31)32)19-3-1-17(2-4-19)18-9-15-24(16-10-18)35-26(30)21-7-13-23(14-8-21)28(33)34/h1-16H. The molecule has 0 atom stereocenters. The average Bonchev–Trinajstić information content (AvgIpc) is 2.89. The van der Waals surface area contributed by atoms with E-state index in [0.717, 1.165) is 11.1 Å². The fraction of sp³-hybridized carbons (Fsp3) is 0. The minimum absolute atomic E-state index is 0.0845. The molecule has 0 N–H and O–H groups in total. The van der Waals surface area contributed by atoms with Crippen molar-refractivity contribution in [2.75, 3.05) is 0 Å². The summed E-state index contributed by atoms with van der Waals surface area (Å²) in [6.07, 6.45) is 0. The third-order valence-electron chi connectivity index (χ3n) is 5.20. The Morgan fingerprint density at radius 1 is 0.543 bits per heavy atom. The summed E-state index contributed by atoms with van der Waals surface area (Å²) in [7, 11) is 0. The zero-order valence-corrected chi connectivity index (χ0v) is 18.0. The normalized spacial score (nSPS) is 10.4. The summed E-state index contributed by atoms with van der Waals surface area (Å²) >= 11 is 0. The summed E-state index contributed by atoms with van der Waals surface area (Å²) in [5, 5.41) is 21.5. The largest absolute Gasteiger partial charge is 0.423 e. The molecule has 4 aromatic rings. The number of ether oxygens (including phenoxy) is 1. The van der Waals surface area contributed by atoms with Gasteiger partial charge in [-0.1, -0.05) is 36.4 Å². The second-order valence-electron chi connectivity index (χ2n) is 7.43. The average molecular weight is 468 g/mol. The third-order valence-corrected chi connectivity index (χ3v) is 5.20. The van der Waals surface area contributed by atoms with Crippen molar-refractivity contribution >= 4 is 23.1 Å². The maximum Gasteiger partial charge on any atom is 0.343 e. The second-order valence-corrected chi connectivity index (χ2v) is 7.43. The molecule has 9 heteroatoms. The molecule has 0 spiro atoms. The second kappa shape index (κ2) is 9.75. The maximum absolute atomic E-state index is 12.6. The van der Waals surface area contributed by atoms with Crippen LogP contribution >= 0.6 is 0 Å². The van der Waals surface area contributed by atoms with Crippen molar-refractivity contribution in [2.45, 2.75) is 0 Å². The van der Waals surface area contributed by atoms with E-state index in [-0.39, 0.29) is 22.7 Å². The lowest BCUT2D eigenvalue weighted by atomic mass is 9.99. The number of nitro benzene ring substituents is 2. The molecule has 0 aromatic heterocycles. The lowest BCUT2D eigenvalue weighted by Gasteiger charge is -2.07. The van der Waals surface area contributed by atoms with Crippen molar-refractivity contribution in [2.24, 2.45) is 0 Å². The van der Waals surface area contributed by atoms with Crippen LogP contribution in [-0.4, -0.2) is 21.6 Å². The Balaban J connectivity index is 1.42. The van der Waals surface area contributed by atoms with E-state index in [9.17, 15) is 29.8 Å². The molecule has 0 radical (unpaired) electrons. The number of hydrogen-bond acceptors (Lipinski definition) is 7. The van der Waals surface area contributed by atoms with Gasteiger partial charge in [0.1, 0.15) is 5.75 Å². The van der Waals surface area contributed by atoms with E-state index < -0.39 is 15.8 Å². The van der Waals surface area contributed by atoms with Gasteiger partial charge in [-0.3, -0.25) is 25.0 Å². The summed E-state index contributed by atoms with van der Waals surface area (Å²) in [6.45, 7) is 0. The summed E-state index contributed by atoms with van der Waals surface area (Å²) in [5.41, 5.74) is 2.44. The van der Waals surface area contributed by atoms with E-state index in [0.29, 0.717) is 16.9 Å². The van der Waals surface area contributed by atoms with Gasteiger partial charge in [-0.05, 0) is 47.5 Å². The van der Waals surface area contributed by atoms with E-state index in [1.54, 1.807) is 48.5 Å².